The molecule has 0 bridgehead atoms. The maximum Gasteiger partial charge on any atom is 0.254 e. The summed E-state index contributed by atoms with van der Waals surface area (Å²) in [5, 5.41) is 9.91. The number of aliphatic hydroxyl groups excluding tert-OH is 1. The lowest BCUT2D eigenvalue weighted by Crippen LogP contribution is -2.45. The molecule has 110 valence electrons. The van der Waals surface area contributed by atoms with Crippen LogP contribution in [0, 0.1) is 5.92 Å². The van der Waals surface area contributed by atoms with Crippen LogP contribution in [-0.4, -0.2) is 40.1 Å². The van der Waals surface area contributed by atoms with Crippen LogP contribution in [0.3, 0.4) is 0 Å². The molecule has 0 radical (unpaired) electrons. The fourth-order valence-corrected chi connectivity index (χ4v) is 2.41. The first-order chi connectivity index (χ1) is 9.38. The molecule has 2 atom stereocenters. The Labute approximate surface area is 119 Å². The lowest BCUT2D eigenvalue weighted by atomic mass is 9.95. The van der Waals surface area contributed by atoms with Gasteiger partial charge in [-0.2, -0.15) is 0 Å². The smallest absolute Gasteiger partial charge is 0.254 e. The second-order valence-corrected chi connectivity index (χ2v) is 5.94. The average Bonchev–Trinajstić information content (AvgIpc) is 2.40. The topological polar surface area (TPSA) is 79.5 Å². The van der Waals surface area contributed by atoms with Crippen molar-refractivity contribution in [2.75, 3.05) is 18.8 Å². The van der Waals surface area contributed by atoms with Crippen molar-refractivity contribution in [1.29, 1.82) is 0 Å². The number of nitrogens with zero attached hydrogens (tertiary/aromatic N) is 2. The number of carbonyl (C=O) groups is 1. The largest absolute Gasteiger partial charge is 0.391 e. The minimum absolute atomic E-state index is 0.0769. The van der Waals surface area contributed by atoms with Gasteiger partial charge in [-0.1, -0.05) is 20.8 Å². The van der Waals surface area contributed by atoms with Crippen molar-refractivity contribution < 1.29 is 9.90 Å². The molecule has 5 heteroatoms. The molecule has 1 aromatic heterocycles. The molecule has 0 saturated carbocycles. The van der Waals surface area contributed by atoms with E-state index in [1.54, 1.807) is 17.0 Å². The number of carbonyl (C=O) groups excluding carboxylic acids is 1. The lowest BCUT2D eigenvalue weighted by molar-refractivity contribution is 0.0248. The number of β-amino-alcohol motifs (C(OH)–C–C–N with tert-alkyl or cyclic N) is 1. The Bertz CT molecular complexity index is 502. The molecule has 5 nitrogen and oxygen atoms in total. The molecule has 1 aliphatic rings. The number of piperidine rings is 1. The average molecular weight is 277 g/mol. The van der Waals surface area contributed by atoms with Crippen molar-refractivity contribution in [3.8, 4) is 0 Å². The number of pyridine rings is 1. The van der Waals surface area contributed by atoms with Gasteiger partial charge in [0.15, 0.2) is 0 Å². The third-order valence-electron chi connectivity index (χ3n) is 3.91. The maximum atomic E-state index is 12.5. The SMILES string of the molecule is CC(C)c1cc(C(=O)N2CCC(C)C(O)C2)cc(N)n1. The number of nitrogen functional groups attached to an aromatic ring is 1. The summed E-state index contributed by atoms with van der Waals surface area (Å²) in [5.74, 6) is 0.752. The van der Waals surface area contributed by atoms with E-state index < -0.39 is 6.10 Å². The second-order valence-electron chi connectivity index (χ2n) is 5.94. The van der Waals surface area contributed by atoms with Crippen molar-refractivity contribution in [3.63, 3.8) is 0 Å². The predicted octanol–water partition coefficient (Wildman–Crippen LogP) is 1.63. The van der Waals surface area contributed by atoms with E-state index in [0.717, 1.165) is 12.1 Å². The number of hydrogen-bond acceptors (Lipinski definition) is 4. The summed E-state index contributed by atoms with van der Waals surface area (Å²) >= 11 is 0. The zero-order valence-electron chi connectivity index (χ0n) is 12.3. The number of hydrogen-bond donors (Lipinski definition) is 2. The molecule has 1 amide bonds. The molecule has 2 heterocycles. The van der Waals surface area contributed by atoms with Crippen LogP contribution in [0.5, 0.6) is 0 Å². The summed E-state index contributed by atoms with van der Waals surface area (Å²) in [7, 11) is 0. The number of rotatable bonds is 2. The van der Waals surface area contributed by atoms with E-state index >= 15 is 0 Å². The molecule has 2 unspecified atom stereocenters. The highest BCUT2D eigenvalue weighted by Crippen LogP contribution is 2.21. The minimum Gasteiger partial charge on any atom is -0.391 e. The van der Waals surface area contributed by atoms with E-state index in [4.69, 9.17) is 5.73 Å². The lowest BCUT2D eigenvalue weighted by Gasteiger charge is -2.34. The van der Waals surface area contributed by atoms with Crippen molar-refractivity contribution >= 4 is 11.7 Å². The molecule has 0 aliphatic carbocycles. The number of nitrogens with two attached hydrogens (primary N) is 1. The highest BCUT2D eigenvalue weighted by molar-refractivity contribution is 5.95. The molecule has 1 fully saturated rings. The highest BCUT2D eigenvalue weighted by Gasteiger charge is 2.28. The van der Waals surface area contributed by atoms with Crippen LogP contribution in [0.15, 0.2) is 12.1 Å². The molecule has 1 saturated heterocycles. The quantitative estimate of drug-likeness (QED) is 0.861. The summed E-state index contributed by atoms with van der Waals surface area (Å²) in [6.07, 6.45) is 0.376. The van der Waals surface area contributed by atoms with Gasteiger partial charge in [-0.15, -0.1) is 0 Å². The van der Waals surface area contributed by atoms with E-state index in [2.05, 4.69) is 4.98 Å². The third kappa shape index (κ3) is 3.10. The van der Waals surface area contributed by atoms with Gasteiger partial charge >= 0.3 is 0 Å². The first kappa shape index (κ1) is 14.8. The number of aromatic nitrogens is 1. The van der Waals surface area contributed by atoms with E-state index in [1.807, 2.05) is 20.8 Å². The Morgan fingerprint density at radius 2 is 2.20 bits per heavy atom. The zero-order chi connectivity index (χ0) is 14.9. The van der Waals surface area contributed by atoms with Crippen molar-refractivity contribution in [2.45, 2.75) is 39.2 Å². The standard InChI is InChI=1S/C15H23N3O2/c1-9(2)12-6-11(7-14(16)17-12)15(20)18-5-4-10(3)13(19)8-18/h6-7,9-10,13,19H,4-5,8H2,1-3H3,(H2,16,17). The summed E-state index contributed by atoms with van der Waals surface area (Å²) < 4.78 is 0. The summed E-state index contributed by atoms with van der Waals surface area (Å²) in [4.78, 5) is 18.5. The van der Waals surface area contributed by atoms with Crippen LogP contribution in [0.1, 0.15) is 49.2 Å². The molecule has 1 aromatic rings. The van der Waals surface area contributed by atoms with E-state index in [1.165, 1.54) is 0 Å². The van der Waals surface area contributed by atoms with E-state index in [0.29, 0.717) is 24.5 Å². The molecule has 1 aliphatic heterocycles. The van der Waals surface area contributed by atoms with Gasteiger partial charge in [0.1, 0.15) is 5.82 Å². The number of anilines is 1. The third-order valence-corrected chi connectivity index (χ3v) is 3.91. The van der Waals surface area contributed by atoms with Gasteiger partial charge in [-0.25, -0.2) is 4.98 Å². The molecule has 20 heavy (non-hydrogen) atoms. The predicted molar refractivity (Wildman–Crippen MR) is 78.4 cm³/mol. The monoisotopic (exact) mass is 277 g/mol. The summed E-state index contributed by atoms with van der Waals surface area (Å²) in [6.45, 7) is 7.11. The maximum absolute atomic E-state index is 12.5. The van der Waals surface area contributed by atoms with Gasteiger partial charge in [-0.3, -0.25) is 4.79 Å². The number of amides is 1. The number of aliphatic hydroxyl groups is 1. The molecular formula is C15H23N3O2. The van der Waals surface area contributed by atoms with Gasteiger partial charge in [0, 0.05) is 24.3 Å². The van der Waals surface area contributed by atoms with Gasteiger partial charge < -0.3 is 15.7 Å². The molecule has 0 spiro atoms. The summed E-state index contributed by atoms with van der Waals surface area (Å²) in [5.41, 5.74) is 7.16. The fraction of sp³-hybridized carbons (Fsp3) is 0.600. The Balaban J connectivity index is 2.21. The summed E-state index contributed by atoms with van der Waals surface area (Å²) in [6, 6.07) is 3.41. The van der Waals surface area contributed by atoms with Crippen molar-refractivity contribution in [3.05, 3.63) is 23.4 Å². The normalized spacial score (nSPS) is 23.1. The van der Waals surface area contributed by atoms with Gasteiger partial charge in [0.2, 0.25) is 0 Å². The van der Waals surface area contributed by atoms with Crippen LogP contribution >= 0.6 is 0 Å². The highest BCUT2D eigenvalue weighted by atomic mass is 16.3. The Morgan fingerprint density at radius 1 is 1.50 bits per heavy atom. The van der Waals surface area contributed by atoms with Crippen molar-refractivity contribution in [1.82, 2.24) is 9.88 Å². The van der Waals surface area contributed by atoms with Gasteiger partial charge in [0.25, 0.3) is 5.91 Å². The van der Waals surface area contributed by atoms with Gasteiger partial charge in [-0.05, 0) is 30.4 Å². The zero-order valence-corrected chi connectivity index (χ0v) is 12.3. The molecular weight excluding hydrogens is 254 g/mol. The minimum atomic E-state index is -0.448. The van der Waals surface area contributed by atoms with E-state index in [-0.39, 0.29) is 17.7 Å². The Morgan fingerprint density at radius 3 is 2.80 bits per heavy atom. The molecule has 3 N–H and O–H groups in total. The van der Waals surface area contributed by atoms with Crippen LogP contribution in [0.2, 0.25) is 0 Å². The Hall–Kier alpha value is -1.62. The first-order valence-corrected chi connectivity index (χ1v) is 7.13. The Kier molecular flexibility index (Phi) is 4.28. The fourth-order valence-electron chi connectivity index (χ4n) is 2.41. The van der Waals surface area contributed by atoms with Crippen LogP contribution in [0.4, 0.5) is 5.82 Å². The van der Waals surface area contributed by atoms with Crippen molar-refractivity contribution in [2.24, 2.45) is 5.92 Å². The number of likely N-dealkylation sites (tertiary alicyclic amines) is 1. The van der Waals surface area contributed by atoms with Gasteiger partial charge in [0.05, 0.1) is 6.10 Å². The molecule has 2 rings (SSSR count). The van der Waals surface area contributed by atoms with E-state index in [9.17, 15) is 9.90 Å². The van der Waals surface area contributed by atoms with Crippen LogP contribution < -0.4 is 5.73 Å². The van der Waals surface area contributed by atoms with Crippen LogP contribution in [-0.2, 0) is 0 Å². The first-order valence-electron chi connectivity index (χ1n) is 7.13. The second kappa shape index (κ2) is 5.79. The molecule has 0 aromatic carbocycles. The van der Waals surface area contributed by atoms with Crippen LogP contribution in [0.25, 0.3) is 0 Å².